The summed E-state index contributed by atoms with van der Waals surface area (Å²) in [5.74, 6) is 1.45. The number of benzene rings is 2. The molecule has 128 valence electrons. The number of aromatic hydroxyl groups is 1. The lowest BCUT2D eigenvalue weighted by atomic mass is 10.2. The number of ether oxygens (including phenoxy) is 1. The van der Waals surface area contributed by atoms with Gasteiger partial charge in [-0.1, -0.05) is 12.1 Å². The fourth-order valence-electron chi connectivity index (χ4n) is 2.15. The average Bonchev–Trinajstić information content (AvgIpc) is 2.97. The number of phenols is 1. The van der Waals surface area contributed by atoms with Gasteiger partial charge in [-0.3, -0.25) is 0 Å². The van der Waals surface area contributed by atoms with Gasteiger partial charge < -0.3 is 9.84 Å². The van der Waals surface area contributed by atoms with Gasteiger partial charge in [0.1, 0.15) is 11.5 Å². The maximum atomic E-state index is 10.2. The third kappa shape index (κ3) is 4.03. The third-order valence-electron chi connectivity index (χ3n) is 3.35. The molecule has 2 N–H and O–H groups in total. The molecule has 0 saturated carbocycles. The minimum Gasteiger partial charge on any atom is -0.506 e. The van der Waals surface area contributed by atoms with Crippen LogP contribution < -0.4 is 4.74 Å². The topological polar surface area (TPSA) is 75.4 Å². The van der Waals surface area contributed by atoms with Crippen LogP contribution in [0.1, 0.15) is 5.56 Å². The minimum absolute atomic E-state index is 0.183. The lowest BCUT2D eigenvalue weighted by molar-refractivity contribution is 0.415. The molecule has 0 aliphatic rings. The molecule has 25 heavy (non-hydrogen) atoms. The first-order valence-electron chi connectivity index (χ1n) is 7.04. The number of hydrogen-bond acceptors (Lipinski definition) is 5. The Labute approximate surface area is 176 Å². The second kappa shape index (κ2) is 7.83. The summed E-state index contributed by atoms with van der Waals surface area (Å²) in [7, 11) is 1.61. The van der Waals surface area contributed by atoms with E-state index < -0.39 is 0 Å². The Hall–Kier alpha value is -1.47. The zero-order chi connectivity index (χ0) is 18.0. The molecule has 0 radical (unpaired) electrons. The van der Waals surface area contributed by atoms with Crippen LogP contribution in [0.25, 0.3) is 11.4 Å². The fraction of sp³-hybridized carbons (Fsp3) is 0.0625. The molecule has 1 heterocycles. The SMILES string of the molecule is COc1cccc(-c2n[nH]c(=S)n2/N=C/c2cc(I)cc(I)c2O)c1. The second-order valence-corrected chi connectivity index (χ2v) is 7.76. The number of phenolic OH excluding ortho intramolecular Hbond substituents is 1. The zero-order valence-corrected chi connectivity index (χ0v) is 18.0. The molecule has 3 aromatic rings. The minimum atomic E-state index is 0.183. The van der Waals surface area contributed by atoms with Crippen LogP contribution in [0, 0.1) is 11.9 Å². The Morgan fingerprint density at radius 1 is 1.32 bits per heavy atom. The molecular weight excluding hydrogens is 566 g/mol. The van der Waals surface area contributed by atoms with E-state index in [0.29, 0.717) is 21.9 Å². The van der Waals surface area contributed by atoms with Crippen LogP contribution in [0.15, 0.2) is 41.5 Å². The van der Waals surface area contributed by atoms with Gasteiger partial charge in [-0.05, 0) is 81.7 Å². The standard InChI is InChI=1S/C16H12I2N4O2S/c1-24-12-4-2-3-9(6-12)15-20-21-16(25)22(15)19-8-10-5-11(17)7-13(18)14(10)23/h2-8,23H,1H3,(H,21,25)/b19-8+. The lowest BCUT2D eigenvalue weighted by Gasteiger charge is -2.05. The van der Waals surface area contributed by atoms with Gasteiger partial charge in [0, 0.05) is 14.7 Å². The van der Waals surface area contributed by atoms with Gasteiger partial charge in [-0.2, -0.15) is 14.9 Å². The molecule has 0 amide bonds. The van der Waals surface area contributed by atoms with Gasteiger partial charge in [-0.25, -0.2) is 5.10 Å². The Kier molecular flexibility index (Phi) is 5.74. The largest absolute Gasteiger partial charge is 0.506 e. The third-order valence-corrected chi connectivity index (χ3v) is 5.06. The zero-order valence-electron chi connectivity index (χ0n) is 12.9. The van der Waals surface area contributed by atoms with Crippen LogP contribution in [0.3, 0.4) is 0 Å². The maximum absolute atomic E-state index is 10.2. The summed E-state index contributed by atoms with van der Waals surface area (Å²) in [4.78, 5) is 0. The van der Waals surface area contributed by atoms with E-state index in [0.717, 1.165) is 12.7 Å². The molecule has 0 unspecified atom stereocenters. The molecule has 6 nitrogen and oxygen atoms in total. The quantitative estimate of drug-likeness (QED) is 0.274. The van der Waals surface area contributed by atoms with Crippen molar-refractivity contribution in [1.29, 1.82) is 0 Å². The average molecular weight is 578 g/mol. The van der Waals surface area contributed by atoms with Crippen molar-refractivity contribution in [3.63, 3.8) is 0 Å². The molecule has 0 aliphatic carbocycles. The summed E-state index contributed by atoms with van der Waals surface area (Å²) in [6.45, 7) is 0. The van der Waals surface area contributed by atoms with E-state index >= 15 is 0 Å². The summed E-state index contributed by atoms with van der Waals surface area (Å²) in [6, 6.07) is 11.2. The number of rotatable bonds is 4. The van der Waals surface area contributed by atoms with Crippen LogP contribution in [0.4, 0.5) is 0 Å². The van der Waals surface area contributed by atoms with Gasteiger partial charge >= 0.3 is 0 Å². The molecule has 9 heteroatoms. The highest BCUT2D eigenvalue weighted by Crippen LogP contribution is 2.26. The highest BCUT2D eigenvalue weighted by molar-refractivity contribution is 14.1. The predicted molar refractivity (Wildman–Crippen MR) is 116 cm³/mol. The molecule has 2 aromatic carbocycles. The molecule has 0 saturated heterocycles. The Bertz CT molecular complexity index is 1010. The van der Waals surface area contributed by atoms with Gasteiger partial charge in [-0.15, -0.1) is 0 Å². The van der Waals surface area contributed by atoms with Crippen LogP contribution in [-0.2, 0) is 0 Å². The smallest absolute Gasteiger partial charge is 0.216 e. The van der Waals surface area contributed by atoms with Crippen molar-refractivity contribution < 1.29 is 9.84 Å². The number of aromatic nitrogens is 3. The van der Waals surface area contributed by atoms with E-state index in [9.17, 15) is 5.11 Å². The first kappa shape index (κ1) is 18.3. The van der Waals surface area contributed by atoms with Gasteiger partial charge in [0.2, 0.25) is 4.77 Å². The second-order valence-electron chi connectivity index (χ2n) is 4.97. The molecule has 0 bridgehead atoms. The summed E-state index contributed by atoms with van der Waals surface area (Å²) < 4.78 is 8.88. The maximum Gasteiger partial charge on any atom is 0.216 e. The first-order chi connectivity index (χ1) is 12.0. The molecule has 0 aliphatic heterocycles. The summed E-state index contributed by atoms with van der Waals surface area (Å²) >= 11 is 9.55. The molecule has 0 fully saturated rings. The van der Waals surface area contributed by atoms with Crippen molar-refractivity contribution in [2.75, 3.05) is 7.11 Å². The van der Waals surface area contributed by atoms with E-state index in [1.165, 1.54) is 4.68 Å². The number of H-pyrrole nitrogens is 1. The summed E-state index contributed by atoms with van der Waals surface area (Å²) in [5.41, 5.74) is 1.42. The number of aromatic amines is 1. The van der Waals surface area contributed by atoms with Gasteiger partial charge in [0.25, 0.3) is 0 Å². The highest BCUT2D eigenvalue weighted by Gasteiger charge is 2.10. The fourth-order valence-corrected chi connectivity index (χ4v) is 4.22. The van der Waals surface area contributed by atoms with Crippen LogP contribution in [-0.4, -0.2) is 33.3 Å². The van der Waals surface area contributed by atoms with Crippen LogP contribution in [0.5, 0.6) is 11.5 Å². The van der Waals surface area contributed by atoms with E-state index in [4.69, 9.17) is 17.0 Å². The van der Waals surface area contributed by atoms with Crippen LogP contribution in [0.2, 0.25) is 0 Å². The van der Waals surface area contributed by atoms with Crippen molar-refractivity contribution in [1.82, 2.24) is 14.9 Å². The Balaban J connectivity index is 2.05. The van der Waals surface area contributed by atoms with E-state index in [1.807, 2.05) is 36.4 Å². The monoisotopic (exact) mass is 578 g/mol. The van der Waals surface area contributed by atoms with Crippen molar-refractivity contribution in [2.24, 2.45) is 5.10 Å². The summed E-state index contributed by atoms with van der Waals surface area (Å²) in [6.07, 6.45) is 1.56. The molecule has 0 spiro atoms. The van der Waals surface area contributed by atoms with Gasteiger partial charge in [0.15, 0.2) is 5.82 Å². The lowest BCUT2D eigenvalue weighted by Crippen LogP contribution is -1.96. The predicted octanol–water partition coefficient (Wildman–Crippen LogP) is 4.41. The number of halogens is 2. The normalized spacial score (nSPS) is 11.2. The molecule has 1 aromatic heterocycles. The number of methoxy groups -OCH3 is 1. The Morgan fingerprint density at radius 2 is 2.12 bits per heavy atom. The Morgan fingerprint density at radius 3 is 2.88 bits per heavy atom. The van der Waals surface area contributed by atoms with E-state index in [1.54, 1.807) is 13.3 Å². The summed E-state index contributed by atoms with van der Waals surface area (Å²) in [5, 5.41) is 21.6. The number of hydrogen-bond donors (Lipinski definition) is 2. The molecular formula is C16H12I2N4O2S. The number of nitrogens with one attached hydrogen (secondary N) is 1. The molecule has 3 rings (SSSR count). The number of nitrogens with zero attached hydrogens (tertiary/aromatic N) is 3. The highest BCUT2D eigenvalue weighted by atomic mass is 127. The van der Waals surface area contributed by atoms with E-state index in [-0.39, 0.29) is 5.75 Å². The first-order valence-corrected chi connectivity index (χ1v) is 9.60. The van der Waals surface area contributed by atoms with E-state index in [2.05, 4.69) is 60.5 Å². The van der Waals surface area contributed by atoms with Crippen molar-refractivity contribution >= 4 is 63.6 Å². The van der Waals surface area contributed by atoms with Crippen molar-refractivity contribution in [3.05, 3.63) is 53.9 Å². The van der Waals surface area contributed by atoms with Crippen molar-refractivity contribution in [2.45, 2.75) is 0 Å². The van der Waals surface area contributed by atoms with Gasteiger partial charge in [0.05, 0.1) is 16.9 Å². The van der Waals surface area contributed by atoms with Crippen molar-refractivity contribution in [3.8, 4) is 22.9 Å². The molecule has 0 atom stereocenters. The van der Waals surface area contributed by atoms with Crippen LogP contribution >= 0.6 is 57.4 Å².